The van der Waals surface area contributed by atoms with Gasteiger partial charge in [0.1, 0.15) is 65.3 Å². The van der Waals surface area contributed by atoms with E-state index in [0.29, 0.717) is 121 Å². The van der Waals surface area contributed by atoms with Gasteiger partial charge in [-0.3, -0.25) is 45.0 Å². The first-order valence-electron chi connectivity index (χ1n) is 48.7. The maximum Gasteiger partial charge on any atom is 0.437 e. The van der Waals surface area contributed by atoms with Crippen LogP contribution in [-0.4, -0.2) is 242 Å². The summed E-state index contributed by atoms with van der Waals surface area (Å²) in [5.74, 6) is 15.4. The molecule has 7 aliphatic heterocycles. The predicted octanol–water partition coefficient (Wildman–Crippen LogP) is 15.5. The second-order valence-electron chi connectivity index (χ2n) is 38.1. The highest BCUT2D eigenvalue weighted by Gasteiger charge is 2.50. The lowest BCUT2D eigenvalue weighted by Crippen LogP contribution is -2.43. The number of nitrogens with one attached hydrogen (secondary N) is 7. The van der Waals surface area contributed by atoms with E-state index in [2.05, 4.69) is 107 Å². The average molecular weight is 2080 g/mol. The number of rotatable bonds is 32. The molecule has 0 unspecified atom stereocenters. The Morgan fingerprint density at radius 1 is 0.544 bits per heavy atom. The Kier molecular flexibility index (Phi) is 54.2. The van der Waals surface area contributed by atoms with Crippen molar-refractivity contribution in [3.05, 3.63) is 216 Å². The van der Waals surface area contributed by atoms with Crippen molar-refractivity contribution in [2.24, 2.45) is 26.9 Å². The molecule has 0 radical (unpaired) electrons. The number of terminal acetylenes is 4. The fourth-order valence-electron chi connectivity index (χ4n) is 14.7. The molecule has 149 heavy (non-hydrogen) atoms. The number of hydroxylamine groups is 6. The molecule has 2 aromatic heterocycles. The van der Waals surface area contributed by atoms with E-state index in [1.165, 1.54) is 43.9 Å². The molecular formula is C106H147ClN22O20. The largest absolute Gasteiger partial charge is 0.444 e. The van der Waals surface area contributed by atoms with E-state index in [-0.39, 0.29) is 77.3 Å². The molecule has 6 aromatic rings. The maximum absolute atomic E-state index is 12.9. The van der Waals surface area contributed by atoms with Crippen molar-refractivity contribution in [3.8, 4) is 49.4 Å². The number of hydrogen-bond donors (Lipinski definition) is 12. The van der Waals surface area contributed by atoms with Crippen molar-refractivity contribution >= 4 is 83.2 Å². The van der Waals surface area contributed by atoms with Gasteiger partial charge in [0.15, 0.2) is 5.17 Å². The molecule has 12 amide bonds. The molecule has 14 N–H and O–H groups in total. The molecule has 0 saturated carbocycles. The summed E-state index contributed by atoms with van der Waals surface area (Å²) in [6.07, 6.45) is 34.8. The third kappa shape index (κ3) is 46.3. The number of urea groups is 3. The highest BCUT2D eigenvalue weighted by molar-refractivity contribution is 6.66. The number of allylic oxidation sites excluding steroid dienone is 1. The SMILES string of the molecule is C#CCCCN.C#CCCCN1C(=O)c2ccccc2C1=O.C#CCCCNC(=C)NC(=O)OC(C)(C)C.C#CCCCNC(=C)NC(=O)OC(C)(C)C.C=C(C)NCCCc1cc([C@@H]2CC[C@@H]3CN2C(=O)N3OCc2ccccc2)no1.CC(C)(C)OC(=O)N=C(NC(=O)OC(C)(C)C)n1cccn1.NNO.O=C1N2C[C@@H](CC[C@H]2/C(Cl)=N/O)N1OCc1ccccc1.O=C1N2C[C@@H](CC[C@H]2/C=N/O)N1OCc1ccccc1. The number of carbonyl (C=O) groups excluding carboxylic acids is 9. The van der Waals surface area contributed by atoms with E-state index in [0.717, 1.165) is 111 Å². The lowest BCUT2D eigenvalue weighted by atomic mass is 9.98. The number of oxime groups is 2. The van der Waals surface area contributed by atoms with Gasteiger partial charge < -0.3 is 75.5 Å². The van der Waals surface area contributed by atoms with Crippen LogP contribution in [0.15, 0.2) is 197 Å². The average Bonchev–Trinajstić information content (AvgIpc) is 1.60. The molecule has 6 atom stereocenters. The van der Waals surface area contributed by atoms with Crippen LogP contribution in [0.4, 0.5) is 33.6 Å². The number of alkyl carbamates (subject to hydrolysis) is 3. The topological polar surface area (TPSA) is 519 Å². The molecule has 42 nitrogen and oxygen atoms in total. The highest BCUT2D eigenvalue weighted by Crippen LogP contribution is 2.39. The normalized spacial score (nSPS) is 17.1. The number of aryl methyl sites for hydroxylation is 1. The molecular weight excluding hydrogens is 1940 g/mol. The van der Waals surface area contributed by atoms with E-state index in [1.54, 1.807) is 128 Å². The van der Waals surface area contributed by atoms with Gasteiger partial charge in [-0.25, -0.2) is 44.1 Å². The lowest BCUT2D eigenvalue weighted by Gasteiger charge is -2.28. The summed E-state index contributed by atoms with van der Waals surface area (Å²) in [7, 11) is 0. The number of hydrazine groups is 1. The van der Waals surface area contributed by atoms with Crippen molar-refractivity contribution in [3.63, 3.8) is 0 Å². The standard InChI is InChI=1S/C22H28N4O3.C14H16ClN3O3.C14H22N4O4.C14H17N3O3.C13H11NO2.2C12H20N2O2.C5H9N.H4N2O/c1-16(2)23-12-6-9-19-13-20(24-29-19)21-11-10-18-14-25(21)22(27)26(18)28-15-17-7-4-3-5-8-17;15-13(16-20)12-7-6-11-8-17(12)14(19)18(11)21-9-10-4-2-1-3-5-10;1-13(2,3)21-11(19)16-10(18-9-7-8-15-18)17-12(20)22-14(4,5)6;18-14-16-9-13(7-6-12(16)8-15-19)17(14)20-10-11-4-2-1-3-5-11;1-2-3-6-9-14-12(15)10-7-4-5-8-11(10)13(14)16;2*1-6-7-8-9-13-10(2)14-11(15)16-12(3,4)5;1-2-3-4-5-6;1-2-3/h3-5,7-8,13,18,21,23H,1,6,9-12,14-15H2,2H3;1-5,11-12,20H,6-9H2;7-9H,1-6H3,(H,16,17,19,20);1-5,8,12-13,19H,6-7,9-10H2;1,4-5,7-8H,3,6,9H2;2*1,13H,2,7-9H2,3-5H3,(H,14,15);1H,3-6H2;2-3H,1H2/b;16-13-;;15-8+;;;;;/t18-,21+;11-,12+;;12-,13+;;;;;/m11.0...../s1. The Morgan fingerprint density at radius 3 is 1.38 bits per heavy atom. The van der Waals surface area contributed by atoms with Crippen molar-refractivity contribution < 1.29 is 96.8 Å². The number of imide groups is 1. The van der Waals surface area contributed by atoms with Gasteiger partial charge >= 0.3 is 42.5 Å². The molecule has 6 fully saturated rings. The van der Waals surface area contributed by atoms with Crippen LogP contribution in [-0.2, 0) is 59.7 Å². The van der Waals surface area contributed by atoms with Gasteiger partial charge in [-0.15, -0.1) is 60.0 Å². The Balaban J connectivity index is 0.000000304. The van der Waals surface area contributed by atoms with Crippen molar-refractivity contribution in [1.29, 1.82) is 0 Å². The first-order valence-corrected chi connectivity index (χ1v) is 49.1. The number of unbranched alkanes of at least 4 members (excludes halogenated alkanes) is 4. The Hall–Kier alpha value is -15.0. The molecule has 43 heteroatoms. The van der Waals surface area contributed by atoms with Gasteiger partial charge in [0, 0.05) is 102 Å². The van der Waals surface area contributed by atoms with E-state index in [1.807, 2.05) is 109 Å². The molecule has 7 aliphatic rings. The number of carbonyl (C=O) groups is 9. The van der Waals surface area contributed by atoms with Crippen LogP contribution in [0.25, 0.3) is 0 Å². The monoisotopic (exact) mass is 2080 g/mol. The summed E-state index contributed by atoms with van der Waals surface area (Å²) in [5, 5.41) is 59.7. The molecule has 808 valence electrons. The minimum Gasteiger partial charge on any atom is -0.444 e. The second-order valence-corrected chi connectivity index (χ2v) is 38.5. The van der Waals surface area contributed by atoms with Crippen molar-refractivity contribution in [2.75, 3.05) is 52.4 Å². The van der Waals surface area contributed by atoms with Crippen LogP contribution in [0.5, 0.6) is 0 Å². The fourth-order valence-corrected chi connectivity index (χ4v) is 14.9. The zero-order chi connectivity index (χ0) is 110. The van der Waals surface area contributed by atoms with E-state index >= 15 is 0 Å². The quantitative estimate of drug-likeness (QED) is 0.00215. The van der Waals surface area contributed by atoms with Crippen LogP contribution < -0.4 is 49.1 Å². The first-order chi connectivity index (χ1) is 70.8. The molecule has 9 heterocycles. The van der Waals surface area contributed by atoms with Gasteiger partial charge in [-0.1, -0.05) is 150 Å². The summed E-state index contributed by atoms with van der Waals surface area (Å²) < 4.78 is 27.1. The molecule has 13 rings (SSSR count). The zero-order valence-electron chi connectivity index (χ0n) is 87.5. The van der Waals surface area contributed by atoms with Gasteiger partial charge in [0.2, 0.25) is 5.96 Å². The third-order valence-corrected chi connectivity index (χ3v) is 21.5. The summed E-state index contributed by atoms with van der Waals surface area (Å²) >= 11 is 5.87. The van der Waals surface area contributed by atoms with E-state index in [4.69, 9.17) is 96.6 Å². The molecule has 0 aliphatic carbocycles. The number of aromatic nitrogens is 3. The summed E-state index contributed by atoms with van der Waals surface area (Å²) in [4.78, 5) is 135. The zero-order valence-corrected chi connectivity index (χ0v) is 88.2. The third-order valence-electron chi connectivity index (χ3n) is 21.2. The number of nitrogens with two attached hydrogens (primary N) is 2. The summed E-state index contributed by atoms with van der Waals surface area (Å²) in [6, 6.07) is 39.1. The Bertz CT molecular complexity index is 5410. The van der Waals surface area contributed by atoms with Gasteiger partial charge in [0.25, 0.3) is 11.8 Å². The minimum absolute atomic E-state index is 0.0284. The number of fused-ring (bicyclic) bond motifs is 7. The molecule has 6 saturated heterocycles. The van der Waals surface area contributed by atoms with Crippen LogP contribution in [0, 0.1) is 49.4 Å². The van der Waals surface area contributed by atoms with Gasteiger partial charge in [0.05, 0.1) is 53.6 Å². The fraction of sp³-hybridized carbons (Fsp3) is 0.472. The number of amides is 12. The summed E-state index contributed by atoms with van der Waals surface area (Å²) in [5.41, 5.74) is 9.87. The minimum atomic E-state index is -0.839. The Labute approximate surface area is 878 Å². The first kappa shape index (κ1) is 124. The maximum atomic E-state index is 12.9. The van der Waals surface area contributed by atoms with Crippen LogP contribution in [0.1, 0.15) is 241 Å². The van der Waals surface area contributed by atoms with Gasteiger partial charge in [-0.05, 0) is 202 Å². The second kappa shape index (κ2) is 64.9. The number of nitrogens with zero attached hydrogens (tertiary/aromatic N) is 13. The van der Waals surface area contributed by atoms with Gasteiger partial charge in [-0.2, -0.15) is 20.3 Å². The number of halogens is 1. The van der Waals surface area contributed by atoms with Crippen LogP contribution >= 0.6 is 11.6 Å². The van der Waals surface area contributed by atoms with Crippen LogP contribution in [0.3, 0.4) is 0 Å². The highest BCUT2D eigenvalue weighted by atomic mass is 35.5. The molecule has 4 aromatic carbocycles. The number of hydrogen-bond acceptors (Lipinski definition) is 30. The van der Waals surface area contributed by atoms with Crippen LogP contribution in [0.2, 0.25) is 0 Å². The van der Waals surface area contributed by atoms with Crippen molar-refractivity contribution in [1.82, 2.24) is 87.2 Å². The number of piperidine rings is 3. The van der Waals surface area contributed by atoms with Crippen molar-refractivity contribution in [2.45, 2.75) is 271 Å². The Morgan fingerprint density at radius 2 is 0.953 bits per heavy atom. The smallest absolute Gasteiger partial charge is 0.437 e. The molecule has 6 bridgehead atoms. The lowest BCUT2D eigenvalue weighted by molar-refractivity contribution is -0.140. The van der Waals surface area contributed by atoms with E-state index in [9.17, 15) is 43.2 Å². The summed E-state index contributed by atoms with van der Waals surface area (Å²) in [6.45, 7) is 40.5. The number of benzene rings is 4. The predicted molar refractivity (Wildman–Crippen MR) is 564 cm³/mol. The number of ether oxygens (including phenoxy) is 4. The number of aliphatic imine (C=N–C) groups is 1. The van der Waals surface area contributed by atoms with E-state index < -0.39 is 46.8 Å². The molecule has 0 spiro atoms.